The second-order valence-electron chi connectivity index (χ2n) is 4.42. The van der Waals surface area contributed by atoms with E-state index in [2.05, 4.69) is 27.0 Å². The number of methoxy groups -OCH3 is 1. The van der Waals surface area contributed by atoms with Gasteiger partial charge in [0, 0.05) is 11.3 Å². The van der Waals surface area contributed by atoms with Gasteiger partial charge in [0.25, 0.3) is 0 Å². The first-order valence-electron chi connectivity index (χ1n) is 6.00. The van der Waals surface area contributed by atoms with Crippen LogP contribution < -0.4 is 10.5 Å². The molecule has 2 N–H and O–H groups in total. The van der Waals surface area contributed by atoms with Gasteiger partial charge in [0.05, 0.1) is 11.6 Å². The molecule has 2 aromatic rings. The van der Waals surface area contributed by atoms with Gasteiger partial charge in [-0.1, -0.05) is 6.07 Å². The summed E-state index contributed by atoms with van der Waals surface area (Å²) in [5.41, 5.74) is 9.77. The molecule has 0 aliphatic carbocycles. The molecular formula is C15H14BrN3O. The average Bonchev–Trinajstić information content (AvgIpc) is 2.42. The van der Waals surface area contributed by atoms with Gasteiger partial charge in [-0.2, -0.15) is 5.26 Å². The van der Waals surface area contributed by atoms with Crippen molar-refractivity contribution in [2.75, 3.05) is 12.8 Å². The highest BCUT2D eigenvalue weighted by molar-refractivity contribution is 9.10. The van der Waals surface area contributed by atoms with Crippen molar-refractivity contribution in [1.29, 1.82) is 5.26 Å². The Morgan fingerprint density at radius 3 is 2.60 bits per heavy atom. The molecule has 2 rings (SSSR count). The number of rotatable bonds is 2. The Balaban J connectivity index is 2.75. The van der Waals surface area contributed by atoms with Crippen molar-refractivity contribution in [2.24, 2.45) is 0 Å². The van der Waals surface area contributed by atoms with Crippen LogP contribution in [0, 0.1) is 25.2 Å². The number of pyridine rings is 1. The first kappa shape index (κ1) is 14.4. The Labute approximate surface area is 126 Å². The Kier molecular flexibility index (Phi) is 3.96. The van der Waals surface area contributed by atoms with Crippen molar-refractivity contribution in [1.82, 2.24) is 4.98 Å². The fourth-order valence-corrected chi connectivity index (χ4v) is 2.65. The summed E-state index contributed by atoms with van der Waals surface area (Å²) in [6.45, 7) is 3.82. The molecule has 0 radical (unpaired) electrons. The zero-order valence-corrected chi connectivity index (χ0v) is 13.1. The number of hydrogen-bond acceptors (Lipinski definition) is 4. The van der Waals surface area contributed by atoms with E-state index < -0.39 is 0 Å². The van der Waals surface area contributed by atoms with Crippen LogP contribution in [-0.4, -0.2) is 12.1 Å². The van der Waals surface area contributed by atoms with Crippen LogP contribution in [-0.2, 0) is 0 Å². The molecule has 0 saturated heterocycles. The average molecular weight is 332 g/mol. The number of ether oxygens (including phenoxy) is 1. The van der Waals surface area contributed by atoms with Gasteiger partial charge in [-0.25, -0.2) is 4.98 Å². The topological polar surface area (TPSA) is 71.9 Å². The molecule has 1 aromatic carbocycles. The quantitative estimate of drug-likeness (QED) is 0.912. The number of nitrogens with two attached hydrogens (primary N) is 1. The van der Waals surface area contributed by atoms with E-state index >= 15 is 0 Å². The molecule has 1 heterocycles. The van der Waals surface area contributed by atoms with Gasteiger partial charge in [0.2, 0.25) is 0 Å². The number of aromatic nitrogens is 1. The summed E-state index contributed by atoms with van der Waals surface area (Å²) >= 11 is 3.46. The summed E-state index contributed by atoms with van der Waals surface area (Å²) in [5.74, 6) is 1.00. The largest absolute Gasteiger partial charge is 0.496 e. The van der Waals surface area contributed by atoms with Crippen molar-refractivity contribution in [3.63, 3.8) is 0 Å². The van der Waals surface area contributed by atoms with Crippen molar-refractivity contribution in [2.45, 2.75) is 13.8 Å². The minimum atomic E-state index is 0.262. The fourth-order valence-electron chi connectivity index (χ4n) is 2.11. The molecule has 0 fully saturated rings. The number of anilines is 1. The summed E-state index contributed by atoms with van der Waals surface area (Å²) in [7, 11) is 1.61. The number of benzene rings is 1. The van der Waals surface area contributed by atoms with Crippen LogP contribution in [0.25, 0.3) is 11.1 Å². The van der Waals surface area contributed by atoms with E-state index in [1.807, 2.05) is 32.0 Å². The van der Waals surface area contributed by atoms with E-state index in [4.69, 9.17) is 10.5 Å². The lowest BCUT2D eigenvalue weighted by atomic mass is 9.95. The summed E-state index contributed by atoms with van der Waals surface area (Å²) in [6, 6.07) is 7.82. The van der Waals surface area contributed by atoms with Crippen LogP contribution >= 0.6 is 15.9 Å². The van der Waals surface area contributed by atoms with Crippen LogP contribution in [0.3, 0.4) is 0 Å². The van der Waals surface area contributed by atoms with Crippen LogP contribution in [0.4, 0.5) is 5.82 Å². The molecule has 5 heteroatoms. The third kappa shape index (κ3) is 2.35. The molecule has 0 aliphatic rings. The van der Waals surface area contributed by atoms with E-state index in [1.165, 1.54) is 0 Å². The standard InChI is InChI=1S/C15H14BrN3O/c1-8-9(2)19-15(18)11(7-17)14(8)10-4-5-13(20-3)12(16)6-10/h4-6H,1-3H3,(H2,18,19). The smallest absolute Gasteiger partial charge is 0.142 e. The van der Waals surface area contributed by atoms with Gasteiger partial charge < -0.3 is 10.5 Å². The Morgan fingerprint density at radius 2 is 2.05 bits per heavy atom. The monoisotopic (exact) mass is 331 g/mol. The second-order valence-corrected chi connectivity index (χ2v) is 5.27. The molecule has 1 aromatic heterocycles. The number of nitrogens with zero attached hydrogens (tertiary/aromatic N) is 2. The summed E-state index contributed by atoms with van der Waals surface area (Å²) in [5, 5.41) is 9.34. The zero-order valence-electron chi connectivity index (χ0n) is 11.5. The second kappa shape index (κ2) is 5.51. The van der Waals surface area contributed by atoms with Crippen molar-refractivity contribution in [3.8, 4) is 22.9 Å². The van der Waals surface area contributed by atoms with E-state index in [0.29, 0.717) is 5.56 Å². The summed E-state index contributed by atoms with van der Waals surface area (Å²) in [6.07, 6.45) is 0. The third-order valence-corrected chi connectivity index (χ3v) is 3.88. The van der Waals surface area contributed by atoms with E-state index in [9.17, 15) is 5.26 Å². The number of halogens is 1. The first-order chi connectivity index (χ1) is 9.49. The van der Waals surface area contributed by atoms with Crippen LogP contribution in [0.1, 0.15) is 16.8 Å². The lowest BCUT2D eigenvalue weighted by molar-refractivity contribution is 0.412. The fraction of sp³-hybridized carbons (Fsp3) is 0.200. The number of hydrogen-bond donors (Lipinski definition) is 1. The summed E-state index contributed by atoms with van der Waals surface area (Å²) in [4.78, 5) is 4.21. The third-order valence-electron chi connectivity index (χ3n) is 3.26. The maximum absolute atomic E-state index is 9.34. The lowest BCUT2D eigenvalue weighted by Crippen LogP contribution is -2.03. The molecule has 0 spiro atoms. The van der Waals surface area contributed by atoms with Crippen molar-refractivity contribution in [3.05, 3.63) is 39.5 Å². The minimum Gasteiger partial charge on any atom is -0.496 e. The zero-order chi connectivity index (χ0) is 14.9. The lowest BCUT2D eigenvalue weighted by Gasteiger charge is -2.14. The first-order valence-corrected chi connectivity index (χ1v) is 6.79. The minimum absolute atomic E-state index is 0.262. The van der Waals surface area contributed by atoms with Crippen LogP contribution in [0.5, 0.6) is 5.75 Å². The molecule has 0 saturated carbocycles. The number of aryl methyl sites for hydroxylation is 1. The van der Waals surface area contributed by atoms with Gasteiger partial charge in [0.1, 0.15) is 23.2 Å². The molecule has 0 bridgehead atoms. The Hall–Kier alpha value is -2.06. The maximum atomic E-state index is 9.34. The van der Waals surface area contributed by atoms with Gasteiger partial charge >= 0.3 is 0 Å². The van der Waals surface area contributed by atoms with Crippen LogP contribution in [0.2, 0.25) is 0 Å². The van der Waals surface area contributed by atoms with E-state index in [-0.39, 0.29) is 5.82 Å². The van der Waals surface area contributed by atoms with Crippen molar-refractivity contribution >= 4 is 21.7 Å². The maximum Gasteiger partial charge on any atom is 0.142 e. The van der Waals surface area contributed by atoms with E-state index in [1.54, 1.807) is 7.11 Å². The number of nitriles is 1. The van der Waals surface area contributed by atoms with Gasteiger partial charge in [-0.3, -0.25) is 0 Å². The van der Waals surface area contributed by atoms with E-state index in [0.717, 1.165) is 32.6 Å². The molecule has 102 valence electrons. The van der Waals surface area contributed by atoms with Gasteiger partial charge in [-0.05, 0) is 53.0 Å². The predicted molar refractivity (Wildman–Crippen MR) is 82.5 cm³/mol. The molecule has 4 nitrogen and oxygen atoms in total. The molecule has 20 heavy (non-hydrogen) atoms. The normalized spacial score (nSPS) is 10.2. The molecule has 0 aliphatic heterocycles. The molecule has 0 amide bonds. The predicted octanol–water partition coefficient (Wildman–Crippen LogP) is 3.59. The van der Waals surface area contributed by atoms with Gasteiger partial charge in [0.15, 0.2) is 0 Å². The van der Waals surface area contributed by atoms with Crippen LogP contribution in [0.15, 0.2) is 22.7 Å². The SMILES string of the molecule is COc1ccc(-c2c(C)c(C)nc(N)c2C#N)cc1Br. The summed E-state index contributed by atoms with van der Waals surface area (Å²) < 4.78 is 6.05. The highest BCUT2D eigenvalue weighted by Crippen LogP contribution is 2.35. The van der Waals surface area contributed by atoms with Gasteiger partial charge in [-0.15, -0.1) is 0 Å². The van der Waals surface area contributed by atoms with Crippen molar-refractivity contribution < 1.29 is 4.74 Å². The number of nitrogen functional groups attached to an aromatic ring is 1. The highest BCUT2D eigenvalue weighted by Gasteiger charge is 2.16. The highest BCUT2D eigenvalue weighted by atomic mass is 79.9. The molecule has 0 atom stereocenters. The Bertz CT molecular complexity index is 720. The molecular weight excluding hydrogens is 318 g/mol. The molecule has 0 unspecified atom stereocenters. The Morgan fingerprint density at radius 1 is 1.35 bits per heavy atom.